The molecule has 0 radical (unpaired) electrons. The molecular weight excluding hydrogens is 288 g/mol. The minimum atomic E-state index is 0.127. The third-order valence-electron chi connectivity index (χ3n) is 4.23. The first-order valence-corrected chi connectivity index (χ1v) is 8.42. The molecule has 3 rings (SSSR count). The van der Waals surface area contributed by atoms with Gasteiger partial charge in [0.05, 0.1) is 24.8 Å². The number of hydrogen-bond acceptors (Lipinski definition) is 4. The molecule has 0 unspecified atom stereocenters. The number of ether oxygens (including phenoxy) is 1. The lowest BCUT2D eigenvalue weighted by Crippen LogP contribution is -2.40. The van der Waals surface area contributed by atoms with Crippen LogP contribution in [0.5, 0.6) is 5.88 Å². The van der Waals surface area contributed by atoms with Gasteiger partial charge in [0.25, 0.3) is 0 Å². The molecule has 0 saturated carbocycles. The molecule has 0 aromatic carbocycles. The molecule has 2 aromatic rings. The van der Waals surface area contributed by atoms with Crippen LogP contribution in [-0.2, 0) is 0 Å². The number of aromatic nitrogens is 3. The maximum absolute atomic E-state index is 5.92. The van der Waals surface area contributed by atoms with E-state index < -0.39 is 0 Å². The van der Waals surface area contributed by atoms with E-state index in [1.807, 2.05) is 29.1 Å². The Hall–Kier alpha value is -1.88. The number of nitrogens with zero attached hydrogens (tertiary/aromatic N) is 4. The van der Waals surface area contributed by atoms with Gasteiger partial charge < -0.3 is 14.2 Å². The van der Waals surface area contributed by atoms with E-state index in [9.17, 15) is 0 Å². The van der Waals surface area contributed by atoms with Crippen molar-refractivity contribution >= 4 is 0 Å². The smallest absolute Gasteiger partial charge is 0.213 e. The lowest BCUT2D eigenvalue weighted by molar-refractivity contribution is 0.101. The summed E-state index contributed by atoms with van der Waals surface area (Å²) in [7, 11) is 0. The zero-order chi connectivity index (χ0) is 16.1. The second-order valence-corrected chi connectivity index (χ2v) is 7.11. The number of rotatable bonds is 6. The summed E-state index contributed by atoms with van der Waals surface area (Å²) in [5.74, 6) is 0.681. The van der Waals surface area contributed by atoms with Crippen molar-refractivity contribution in [3.05, 3.63) is 37.1 Å². The molecule has 1 saturated heterocycles. The van der Waals surface area contributed by atoms with Gasteiger partial charge in [0.1, 0.15) is 0 Å². The van der Waals surface area contributed by atoms with Crippen LogP contribution >= 0.6 is 0 Å². The second-order valence-electron chi connectivity index (χ2n) is 7.11. The van der Waals surface area contributed by atoms with Gasteiger partial charge in [0, 0.05) is 30.4 Å². The molecule has 0 aliphatic carbocycles. The maximum Gasteiger partial charge on any atom is 0.213 e. The molecule has 1 aliphatic heterocycles. The summed E-state index contributed by atoms with van der Waals surface area (Å²) >= 11 is 0. The molecular formula is C18H26N4O. The highest BCUT2D eigenvalue weighted by Gasteiger charge is 2.24. The van der Waals surface area contributed by atoms with Crippen molar-refractivity contribution < 1.29 is 4.74 Å². The van der Waals surface area contributed by atoms with E-state index in [0.717, 1.165) is 12.2 Å². The van der Waals surface area contributed by atoms with Gasteiger partial charge in [-0.3, -0.25) is 0 Å². The Morgan fingerprint density at radius 2 is 2.00 bits per heavy atom. The first-order chi connectivity index (χ1) is 11.1. The van der Waals surface area contributed by atoms with Crippen molar-refractivity contribution in [2.75, 3.05) is 26.2 Å². The molecule has 3 heterocycles. The molecule has 0 atom stereocenters. The molecule has 0 bridgehead atoms. The van der Waals surface area contributed by atoms with Crippen LogP contribution in [0.4, 0.5) is 0 Å². The van der Waals surface area contributed by atoms with Crippen LogP contribution in [0.25, 0.3) is 5.69 Å². The fourth-order valence-electron chi connectivity index (χ4n) is 3.06. The third kappa shape index (κ3) is 4.55. The Labute approximate surface area is 138 Å². The molecule has 0 spiro atoms. The summed E-state index contributed by atoms with van der Waals surface area (Å²) in [5, 5.41) is 0. The number of pyridine rings is 1. The molecule has 2 aromatic heterocycles. The molecule has 0 amide bonds. The SMILES string of the molecule is CC(C)(COc1ccc(-n2ccnc2)cn1)CN1CCCCC1. The molecule has 23 heavy (non-hydrogen) atoms. The van der Waals surface area contributed by atoms with Crippen LogP contribution < -0.4 is 4.74 Å². The average Bonchev–Trinajstić information content (AvgIpc) is 3.09. The number of hydrogen-bond donors (Lipinski definition) is 0. The Bertz CT molecular complexity index is 586. The number of piperidine rings is 1. The Morgan fingerprint density at radius 3 is 2.65 bits per heavy atom. The van der Waals surface area contributed by atoms with Gasteiger partial charge in [-0.1, -0.05) is 20.3 Å². The van der Waals surface area contributed by atoms with Crippen LogP contribution in [0.2, 0.25) is 0 Å². The van der Waals surface area contributed by atoms with E-state index in [4.69, 9.17) is 4.74 Å². The highest BCUT2D eigenvalue weighted by molar-refractivity contribution is 5.31. The van der Waals surface area contributed by atoms with Crippen molar-refractivity contribution in [2.45, 2.75) is 33.1 Å². The topological polar surface area (TPSA) is 43.2 Å². The summed E-state index contributed by atoms with van der Waals surface area (Å²) < 4.78 is 7.85. The quantitative estimate of drug-likeness (QED) is 0.821. The third-order valence-corrected chi connectivity index (χ3v) is 4.23. The first-order valence-electron chi connectivity index (χ1n) is 8.42. The lowest BCUT2D eigenvalue weighted by Gasteiger charge is -2.34. The largest absolute Gasteiger partial charge is 0.477 e. The molecule has 5 nitrogen and oxygen atoms in total. The van der Waals surface area contributed by atoms with E-state index in [2.05, 4.69) is 28.7 Å². The monoisotopic (exact) mass is 314 g/mol. The van der Waals surface area contributed by atoms with Crippen LogP contribution in [0, 0.1) is 5.41 Å². The highest BCUT2D eigenvalue weighted by Crippen LogP contribution is 2.22. The average molecular weight is 314 g/mol. The van der Waals surface area contributed by atoms with Gasteiger partial charge in [-0.15, -0.1) is 0 Å². The Kier molecular flexibility index (Phi) is 4.96. The van der Waals surface area contributed by atoms with Gasteiger partial charge in [0.2, 0.25) is 5.88 Å². The zero-order valence-corrected chi connectivity index (χ0v) is 14.1. The van der Waals surface area contributed by atoms with Gasteiger partial charge in [-0.05, 0) is 32.0 Å². The minimum absolute atomic E-state index is 0.127. The van der Waals surface area contributed by atoms with E-state index in [1.54, 1.807) is 12.5 Å². The van der Waals surface area contributed by atoms with Gasteiger partial charge >= 0.3 is 0 Å². The minimum Gasteiger partial charge on any atom is -0.477 e. The summed E-state index contributed by atoms with van der Waals surface area (Å²) in [6, 6.07) is 3.92. The fourth-order valence-corrected chi connectivity index (χ4v) is 3.06. The molecule has 5 heteroatoms. The number of imidazole rings is 1. The fraction of sp³-hybridized carbons (Fsp3) is 0.556. The number of likely N-dealkylation sites (tertiary alicyclic amines) is 1. The van der Waals surface area contributed by atoms with E-state index >= 15 is 0 Å². The summed E-state index contributed by atoms with van der Waals surface area (Å²) in [5.41, 5.74) is 1.12. The van der Waals surface area contributed by atoms with Gasteiger partial charge in [0.15, 0.2) is 0 Å². The first kappa shape index (κ1) is 16.0. The second kappa shape index (κ2) is 7.13. The standard InChI is InChI=1S/C18H26N4O/c1-18(2,13-21-9-4-3-5-10-21)14-23-17-7-6-16(12-20-17)22-11-8-19-15-22/h6-8,11-12,15H,3-5,9-10,13-14H2,1-2H3. The van der Waals surface area contributed by atoms with Gasteiger partial charge in [-0.2, -0.15) is 0 Å². The molecule has 124 valence electrons. The van der Waals surface area contributed by atoms with Crippen molar-refractivity contribution in [1.82, 2.24) is 19.4 Å². The predicted molar refractivity (Wildman–Crippen MR) is 90.9 cm³/mol. The summed E-state index contributed by atoms with van der Waals surface area (Å²) in [6.07, 6.45) is 11.3. The van der Waals surface area contributed by atoms with Crippen molar-refractivity contribution in [3.8, 4) is 11.6 Å². The van der Waals surface area contributed by atoms with E-state index in [-0.39, 0.29) is 5.41 Å². The molecule has 1 aliphatic rings. The zero-order valence-electron chi connectivity index (χ0n) is 14.1. The van der Waals surface area contributed by atoms with E-state index in [0.29, 0.717) is 12.5 Å². The van der Waals surface area contributed by atoms with Crippen LogP contribution in [0.1, 0.15) is 33.1 Å². The summed E-state index contributed by atoms with van der Waals surface area (Å²) in [6.45, 7) is 8.74. The van der Waals surface area contributed by atoms with Crippen LogP contribution in [-0.4, -0.2) is 45.7 Å². The van der Waals surface area contributed by atoms with Gasteiger partial charge in [-0.25, -0.2) is 9.97 Å². The Morgan fingerprint density at radius 1 is 1.17 bits per heavy atom. The Balaban J connectivity index is 1.52. The lowest BCUT2D eigenvalue weighted by atomic mass is 9.93. The van der Waals surface area contributed by atoms with E-state index in [1.165, 1.54) is 32.4 Å². The summed E-state index contributed by atoms with van der Waals surface area (Å²) in [4.78, 5) is 11.0. The molecule has 0 N–H and O–H groups in total. The van der Waals surface area contributed by atoms with Crippen molar-refractivity contribution in [2.24, 2.45) is 5.41 Å². The van der Waals surface area contributed by atoms with Crippen molar-refractivity contribution in [3.63, 3.8) is 0 Å². The highest BCUT2D eigenvalue weighted by atomic mass is 16.5. The predicted octanol–water partition coefficient (Wildman–Crippen LogP) is 3.16. The van der Waals surface area contributed by atoms with Crippen LogP contribution in [0.15, 0.2) is 37.1 Å². The maximum atomic E-state index is 5.92. The molecule has 1 fully saturated rings. The van der Waals surface area contributed by atoms with Crippen LogP contribution in [0.3, 0.4) is 0 Å². The van der Waals surface area contributed by atoms with Crippen molar-refractivity contribution in [1.29, 1.82) is 0 Å². The normalized spacial score (nSPS) is 16.4.